The smallest absolute Gasteiger partial charge is 0.239 e. The highest BCUT2D eigenvalue weighted by atomic mass is 79.9. The number of aromatic nitrogens is 1. The van der Waals surface area contributed by atoms with Gasteiger partial charge in [-0.2, -0.15) is 0 Å². The predicted octanol–water partition coefficient (Wildman–Crippen LogP) is 2.30. The average molecular weight is 338 g/mol. The van der Waals surface area contributed by atoms with Gasteiger partial charge in [0.25, 0.3) is 0 Å². The number of nitrogens with zero attached hydrogens (tertiary/aromatic N) is 1. The molecular weight excluding hydrogens is 325 g/mol. The Morgan fingerprint density at radius 1 is 1.45 bits per heavy atom. The molecule has 6 heteroatoms. The van der Waals surface area contributed by atoms with Crippen molar-refractivity contribution < 1.29 is 9.18 Å². The van der Waals surface area contributed by atoms with E-state index in [0.717, 1.165) is 5.56 Å². The first kappa shape index (κ1) is 14.6. The number of hydrogen-bond acceptors (Lipinski definition) is 3. The maximum absolute atomic E-state index is 13.9. The highest BCUT2D eigenvalue weighted by Gasteiger charge is 2.20. The summed E-state index contributed by atoms with van der Waals surface area (Å²) in [5.74, 6) is -1.11. The summed E-state index contributed by atoms with van der Waals surface area (Å²) in [6.45, 7) is 0.372. The Balaban J connectivity index is 2.17. The molecule has 1 heterocycles. The lowest BCUT2D eigenvalue weighted by molar-refractivity contribution is -0.120. The zero-order valence-electron chi connectivity index (χ0n) is 10.5. The van der Waals surface area contributed by atoms with E-state index in [0.29, 0.717) is 11.0 Å². The van der Waals surface area contributed by atoms with Crippen LogP contribution in [0.2, 0.25) is 0 Å². The summed E-state index contributed by atoms with van der Waals surface area (Å²) in [7, 11) is 0. The predicted molar refractivity (Wildman–Crippen MR) is 77.1 cm³/mol. The monoisotopic (exact) mass is 337 g/mol. The first-order valence-corrected chi connectivity index (χ1v) is 6.74. The molecule has 1 aromatic carbocycles. The summed E-state index contributed by atoms with van der Waals surface area (Å²) in [5, 5.41) is 2.94. The number of halogens is 2. The van der Waals surface area contributed by atoms with Crippen molar-refractivity contribution in [2.45, 2.75) is 12.6 Å². The standard InChI is InChI=1S/C14H13BrFN3O/c15-10-3-4-11(12(16)6-10)13(14(17)20)19-8-9-2-1-5-18-7-9/h1-7,13,19H,8H2,(H2,17,20)/t13-/m0/s1. The molecule has 0 unspecified atom stereocenters. The number of nitrogens with two attached hydrogens (primary N) is 1. The molecule has 0 aliphatic carbocycles. The second-order valence-electron chi connectivity index (χ2n) is 4.24. The lowest BCUT2D eigenvalue weighted by atomic mass is 10.1. The first-order chi connectivity index (χ1) is 9.58. The molecule has 3 N–H and O–H groups in total. The summed E-state index contributed by atoms with van der Waals surface area (Å²) in [6, 6.07) is 7.26. The Morgan fingerprint density at radius 2 is 2.25 bits per heavy atom. The molecule has 4 nitrogen and oxygen atoms in total. The molecule has 0 saturated carbocycles. The maximum atomic E-state index is 13.9. The summed E-state index contributed by atoms with van der Waals surface area (Å²) < 4.78 is 14.5. The summed E-state index contributed by atoms with van der Waals surface area (Å²) in [5.41, 5.74) is 6.46. The average Bonchev–Trinajstić information content (AvgIpc) is 2.42. The molecule has 0 fully saturated rings. The van der Waals surface area contributed by atoms with E-state index in [1.807, 2.05) is 6.07 Å². The Kier molecular flexibility index (Phi) is 4.81. The Labute approximate surface area is 124 Å². The summed E-state index contributed by atoms with van der Waals surface area (Å²) >= 11 is 3.17. The normalized spacial score (nSPS) is 12.1. The van der Waals surface area contributed by atoms with Crippen molar-refractivity contribution in [2.75, 3.05) is 0 Å². The van der Waals surface area contributed by atoms with Crippen LogP contribution in [0.5, 0.6) is 0 Å². The highest BCUT2D eigenvalue weighted by Crippen LogP contribution is 2.21. The second-order valence-corrected chi connectivity index (χ2v) is 5.16. The molecule has 0 bridgehead atoms. The molecule has 2 rings (SSSR count). The number of carbonyl (C=O) groups excluding carboxylic acids is 1. The number of hydrogen-bond donors (Lipinski definition) is 2. The number of pyridine rings is 1. The Morgan fingerprint density at radius 3 is 2.85 bits per heavy atom. The number of carbonyl (C=O) groups is 1. The van der Waals surface area contributed by atoms with Crippen LogP contribution in [0.3, 0.4) is 0 Å². The van der Waals surface area contributed by atoms with Gasteiger partial charge < -0.3 is 5.73 Å². The van der Waals surface area contributed by atoms with Crippen LogP contribution in [0, 0.1) is 5.82 Å². The molecule has 104 valence electrons. The van der Waals surface area contributed by atoms with Gasteiger partial charge in [-0.25, -0.2) is 4.39 Å². The fourth-order valence-electron chi connectivity index (χ4n) is 1.82. The van der Waals surface area contributed by atoms with Gasteiger partial charge in [-0.3, -0.25) is 15.1 Å². The highest BCUT2D eigenvalue weighted by molar-refractivity contribution is 9.10. The topological polar surface area (TPSA) is 68.0 Å². The molecule has 0 aliphatic heterocycles. The Bertz CT molecular complexity index is 607. The van der Waals surface area contributed by atoms with Crippen molar-refractivity contribution in [3.63, 3.8) is 0 Å². The van der Waals surface area contributed by atoms with Gasteiger partial charge in [0.1, 0.15) is 11.9 Å². The molecule has 1 atom stereocenters. The van der Waals surface area contributed by atoms with Crippen molar-refractivity contribution in [2.24, 2.45) is 5.73 Å². The van der Waals surface area contributed by atoms with Crippen molar-refractivity contribution >= 4 is 21.8 Å². The van der Waals surface area contributed by atoms with Gasteiger partial charge in [-0.05, 0) is 23.8 Å². The number of rotatable bonds is 5. The first-order valence-electron chi connectivity index (χ1n) is 5.94. The fraction of sp³-hybridized carbons (Fsp3) is 0.143. The summed E-state index contributed by atoms with van der Waals surface area (Å²) in [4.78, 5) is 15.5. The zero-order valence-corrected chi connectivity index (χ0v) is 12.1. The van der Waals surface area contributed by atoms with E-state index >= 15 is 0 Å². The van der Waals surface area contributed by atoms with E-state index < -0.39 is 17.8 Å². The Hall–Kier alpha value is -1.79. The fourth-order valence-corrected chi connectivity index (χ4v) is 2.16. The third-order valence-corrected chi connectivity index (χ3v) is 3.28. The minimum atomic E-state index is -0.886. The van der Waals surface area contributed by atoms with Gasteiger partial charge in [0.2, 0.25) is 5.91 Å². The van der Waals surface area contributed by atoms with Crippen molar-refractivity contribution in [1.82, 2.24) is 10.3 Å². The van der Waals surface area contributed by atoms with Gasteiger partial charge in [0.15, 0.2) is 0 Å². The number of amides is 1. The van der Waals surface area contributed by atoms with E-state index in [1.165, 1.54) is 12.1 Å². The van der Waals surface area contributed by atoms with Gasteiger partial charge in [0, 0.05) is 29.0 Å². The SMILES string of the molecule is NC(=O)[C@@H](NCc1cccnc1)c1ccc(Br)cc1F. The maximum Gasteiger partial charge on any atom is 0.239 e. The van der Waals surface area contributed by atoms with Gasteiger partial charge >= 0.3 is 0 Å². The number of primary amides is 1. The van der Waals surface area contributed by atoms with Gasteiger partial charge in [0.05, 0.1) is 0 Å². The van der Waals surface area contributed by atoms with Crippen LogP contribution in [0.25, 0.3) is 0 Å². The van der Waals surface area contributed by atoms with Crippen LogP contribution in [-0.2, 0) is 11.3 Å². The minimum Gasteiger partial charge on any atom is -0.368 e. The van der Waals surface area contributed by atoms with Crippen molar-refractivity contribution in [1.29, 1.82) is 0 Å². The van der Waals surface area contributed by atoms with Gasteiger partial charge in [-0.15, -0.1) is 0 Å². The zero-order chi connectivity index (χ0) is 14.5. The van der Waals surface area contributed by atoms with Crippen LogP contribution in [0.4, 0.5) is 4.39 Å². The molecule has 0 spiro atoms. The molecule has 0 radical (unpaired) electrons. The van der Waals surface area contributed by atoms with E-state index in [-0.39, 0.29) is 5.56 Å². The quantitative estimate of drug-likeness (QED) is 0.879. The minimum absolute atomic E-state index is 0.226. The third-order valence-electron chi connectivity index (χ3n) is 2.79. The second kappa shape index (κ2) is 6.58. The molecule has 2 aromatic rings. The lowest BCUT2D eigenvalue weighted by Gasteiger charge is -2.16. The van der Waals surface area contributed by atoms with Crippen molar-refractivity contribution in [3.05, 3.63) is 64.1 Å². The molecule has 1 aromatic heterocycles. The van der Waals surface area contributed by atoms with Crippen molar-refractivity contribution in [3.8, 4) is 0 Å². The van der Waals surface area contributed by atoms with Crippen LogP contribution >= 0.6 is 15.9 Å². The molecule has 20 heavy (non-hydrogen) atoms. The van der Waals surface area contributed by atoms with Crippen LogP contribution in [0.1, 0.15) is 17.2 Å². The van der Waals surface area contributed by atoms with E-state index in [2.05, 4.69) is 26.2 Å². The third kappa shape index (κ3) is 3.61. The van der Waals surface area contributed by atoms with Crippen LogP contribution in [-0.4, -0.2) is 10.9 Å². The van der Waals surface area contributed by atoms with Gasteiger partial charge in [-0.1, -0.05) is 28.1 Å². The summed E-state index contributed by atoms with van der Waals surface area (Å²) in [6.07, 6.45) is 3.33. The van der Waals surface area contributed by atoms with E-state index in [4.69, 9.17) is 5.73 Å². The van der Waals surface area contributed by atoms with E-state index in [9.17, 15) is 9.18 Å². The number of benzene rings is 1. The molecular formula is C14H13BrFN3O. The molecule has 0 saturated heterocycles. The van der Waals surface area contributed by atoms with E-state index in [1.54, 1.807) is 24.5 Å². The van der Waals surface area contributed by atoms with Crippen LogP contribution < -0.4 is 11.1 Å². The largest absolute Gasteiger partial charge is 0.368 e. The molecule has 0 aliphatic rings. The molecule has 1 amide bonds. The number of nitrogens with one attached hydrogen (secondary N) is 1. The lowest BCUT2D eigenvalue weighted by Crippen LogP contribution is -2.34. The van der Waals surface area contributed by atoms with Crippen LogP contribution in [0.15, 0.2) is 47.2 Å².